The van der Waals surface area contributed by atoms with Crippen molar-refractivity contribution >= 4 is 11.8 Å². The fraction of sp³-hybridized carbons (Fsp3) is 0.333. The SMILES string of the molecule is OC1(CNCc2ccc(-c3ccccc3)cc2)CCSC1. The van der Waals surface area contributed by atoms with E-state index in [1.165, 1.54) is 16.7 Å². The van der Waals surface area contributed by atoms with Crippen molar-refractivity contribution in [3.63, 3.8) is 0 Å². The van der Waals surface area contributed by atoms with Gasteiger partial charge >= 0.3 is 0 Å². The van der Waals surface area contributed by atoms with Gasteiger partial charge in [-0.3, -0.25) is 0 Å². The third-order valence-electron chi connectivity index (χ3n) is 3.93. The first-order valence-corrected chi connectivity index (χ1v) is 8.56. The van der Waals surface area contributed by atoms with Crippen molar-refractivity contribution in [1.82, 2.24) is 5.32 Å². The third kappa shape index (κ3) is 3.88. The van der Waals surface area contributed by atoms with E-state index in [0.717, 1.165) is 24.5 Å². The van der Waals surface area contributed by atoms with Crippen LogP contribution >= 0.6 is 11.8 Å². The van der Waals surface area contributed by atoms with Crippen LogP contribution in [0.4, 0.5) is 0 Å². The minimum absolute atomic E-state index is 0.505. The van der Waals surface area contributed by atoms with E-state index in [9.17, 15) is 5.11 Å². The van der Waals surface area contributed by atoms with Crippen LogP contribution in [0.5, 0.6) is 0 Å². The van der Waals surface area contributed by atoms with Gasteiger partial charge in [0.15, 0.2) is 0 Å². The molecule has 0 amide bonds. The van der Waals surface area contributed by atoms with Crippen molar-refractivity contribution in [2.75, 3.05) is 18.1 Å². The summed E-state index contributed by atoms with van der Waals surface area (Å²) < 4.78 is 0. The molecule has 21 heavy (non-hydrogen) atoms. The van der Waals surface area contributed by atoms with Crippen molar-refractivity contribution in [2.24, 2.45) is 0 Å². The van der Waals surface area contributed by atoms with Gasteiger partial charge in [0.25, 0.3) is 0 Å². The molecule has 2 nitrogen and oxygen atoms in total. The lowest BCUT2D eigenvalue weighted by Gasteiger charge is -2.21. The second-order valence-corrected chi connectivity index (χ2v) is 6.80. The van der Waals surface area contributed by atoms with Crippen molar-refractivity contribution in [3.05, 3.63) is 60.2 Å². The molecule has 1 atom stereocenters. The van der Waals surface area contributed by atoms with E-state index in [1.54, 1.807) is 0 Å². The standard InChI is InChI=1S/C18H21NOS/c20-18(10-11-21-14-18)13-19-12-15-6-8-17(9-7-15)16-4-2-1-3-5-16/h1-9,19-20H,10-14H2. The Labute approximate surface area is 130 Å². The molecular weight excluding hydrogens is 278 g/mol. The van der Waals surface area contributed by atoms with E-state index in [2.05, 4.69) is 53.8 Å². The molecule has 2 N–H and O–H groups in total. The maximum Gasteiger partial charge on any atom is 0.0869 e. The van der Waals surface area contributed by atoms with Gasteiger partial charge in [-0.25, -0.2) is 0 Å². The summed E-state index contributed by atoms with van der Waals surface area (Å²) in [4.78, 5) is 0. The van der Waals surface area contributed by atoms with Crippen LogP contribution < -0.4 is 5.32 Å². The van der Waals surface area contributed by atoms with Gasteiger partial charge in [-0.15, -0.1) is 0 Å². The van der Waals surface area contributed by atoms with Gasteiger partial charge in [0, 0.05) is 18.8 Å². The Kier molecular flexibility index (Phi) is 4.63. The Morgan fingerprint density at radius 1 is 1.00 bits per heavy atom. The highest BCUT2D eigenvalue weighted by molar-refractivity contribution is 7.99. The summed E-state index contributed by atoms with van der Waals surface area (Å²) in [6.45, 7) is 1.49. The highest BCUT2D eigenvalue weighted by Gasteiger charge is 2.30. The predicted molar refractivity (Wildman–Crippen MR) is 90.5 cm³/mol. The first-order valence-electron chi connectivity index (χ1n) is 7.40. The van der Waals surface area contributed by atoms with E-state index in [1.807, 2.05) is 17.8 Å². The van der Waals surface area contributed by atoms with Crippen LogP contribution in [-0.2, 0) is 6.54 Å². The van der Waals surface area contributed by atoms with Crippen molar-refractivity contribution in [1.29, 1.82) is 0 Å². The molecule has 1 heterocycles. The zero-order valence-corrected chi connectivity index (χ0v) is 12.9. The minimum atomic E-state index is -0.505. The Morgan fingerprint density at radius 3 is 2.38 bits per heavy atom. The van der Waals surface area contributed by atoms with E-state index < -0.39 is 5.60 Å². The van der Waals surface area contributed by atoms with Crippen molar-refractivity contribution < 1.29 is 5.11 Å². The summed E-state index contributed by atoms with van der Waals surface area (Å²) in [7, 11) is 0. The van der Waals surface area contributed by atoms with Gasteiger partial charge in [0.2, 0.25) is 0 Å². The highest BCUT2D eigenvalue weighted by atomic mass is 32.2. The van der Waals surface area contributed by atoms with Gasteiger partial charge in [-0.05, 0) is 28.9 Å². The molecule has 1 aliphatic rings. The Morgan fingerprint density at radius 2 is 1.71 bits per heavy atom. The molecule has 0 spiro atoms. The molecule has 1 unspecified atom stereocenters. The van der Waals surface area contributed by atoms with E-state index in [0.29, 0.717) is 6.54 Å². The zero-order chi connectivity index (χ0) is 14.5. The fourth-order valence-electron chi connectivity index (χ4n) is 2.62. The summed E-state index contributed by atoms with van der Waals surface area (Å²) in [5.41, 5.74) is 3.23. The van der Waals surface area contributed by atoms with E-state index in [4.69, 9.17) is 0 Å². The fourth-order valence-corrected chi connectivity index (χ4v) is 3.92. The van der Waals surface area contributed by atoms with Gasteiger partial charge < -0.3 is 10.4 Å². The monoisotopic (exact) mass is 299 g/mol. The molecule has 3 heteroatoms. The first-order chi connectivity index (χ1) is 10.3. The maximum absolute atomic E-state index is 10.3. The number of nitrogens with one attached hydrogen (secondary N) is 1. The summed E-state index contributed by atoms with van der Waals surface area (Å²) in [6, 6.07) is 19.0. The second kappa shape index (κ2) is 6.65. The summed E-state index contributed by atoms with van der Waals surface area (Å²) in [5.74, 6) is 1.93. The van der Waals surface area contributed by atoms with Crippen LogP contribution in [-0.4, -0.2) is 28.8 Å². The van der Waals surface area contributed by atoms with Crippen molar-refractivity contribution in [3.8, 4) is 11.1 Å². The van der Waals surface area contributed by atoms with E-state index >= 15 is 0 Å². The van der Waals surface area contributed by atoms with E-state index in [-0.39, 0.29) is 0 Å². The van der Waals surface area contributed by atoms with Crippen LogP contribution in [0.3, 0.4) is 0 Å². The lowest BCUT2D eigenvalue weighted by molar-refractivity contribution is 0.0675. The minimum Gasteiger partial charge on any atom is -0.388 e. The number of hydrogen-bond donors (Lipinski definition) is 2. The van der Waals surface area contributed by atoms with Gasteiger partial charge in [0.1, 0.15) is 0 Å². The van der Waals surface area contributed by atoms with Gasteiger partial charge in [-0.1, -0.05) is 54.6 Å². The Bertz CT molecular complexity index is 562. The van der Waals surface area contributed by atoms with Crippen LogP contribution in [0.1, 0.15) is 12.0 Å². The summed E-state index contributed by atoms with van der Waals surface area (Å²) >= 11 is 1.84. The molecule has 0 saturated carbocycles. The smallest absolute Gasteiger partial charge is 0.0869 e. The largest absolute Gasteiger partial charge is 0.388 e. The molecule has 1 saturated heterocycles. The molecule has 0 radical (unpaired) electrons. The topological polar surface area (TPSA) is 32.3 Å². The maximum atomic E-state index is 10.3. The molecule has 110 valence electrons. The second-order valence-electron chi connectivity index (χ2n) is 5.69. The molecular formula is C18H21NOS. The number of hydrogen-bond acceptors (Lipinski definition) is 3. The normalized spacial score (nSPS) is 21.6. The molecule has 3 rings (SSSR count). The Balaban J connectivity index is 1.55. The Hall–Kier alpha value is -1.29. The molecule has 2 aromatic carbocycles. The number of aliphatic hydroxyl groups is 1. The third-order valence-corrected chi connectivity index (χ3v) is 5.16. The number of rotatable bonds is 5. The average Bonchev–Trinajstić information content (AvgIpc) is 2.96. The van der Waals surface area contributed by atoms with Crippen LogP contribution in [0.2, 0.25) is 0 Å². The summed E-state index contributed by atoms with van der Waals surface area (Å²) in [6.07, 6.45) is 0.900. The molecule has 0 aliphatic carbocycles. The van der Waals surface area contributed by atoms with Gasteiger partial charge in [-0.2, -0.15) is 11.8 Å². The predicted octanol–water partition coefficient (Wildman–Crippen LogP) is 3.31. The zero-order valence-electron chi connectivity index (χ0n) is 12.1. The molecule has 1 aliphatic heterocycles. The van der Waals surface area contributed by atoms with Crippen LogP contribution in [0, 0.1) is 0 Å². The van der Waals surface area contributed by atoms with Crippen molar-refractivity contribution in [2.45, 2.75) is 18.6 Å². The number of benzene rings is 2. The van der Waals surface area contributed by atoms with Crippen LogP contribution in [0.25, 0.3) is 11.1 Å². The lowest BCUT2D eigenvalue weighted by atomic mass is 10.0. The number of thioether (sulfide) groups is 1. The highest BCUT2D eigenvalue weighted by Crippen LogP contribution is 2.27. The molecule has 0 bridgehead atoms. The molecule has 2 aromatic rings. The lowest BCUT2D eigenvalue weighted by Crippen LogP contribution is -2.40. The molecule has 1 fully saturated rings. The average molecular weight is 299 g/mol. The van der Waals surface area contributed by atoms with Gasteiger partial charge in [0.05, 0.1) is 5.60 Å². The summed E-state index contributed by atoms with van der Waals surface area (Å²) in [5, 5.41) is 13.7. The molecule has 0 aromatic heterocycles. The quantitative estimate of drug-likeness (QED) is 0.888. The van der Waals surface area contributed by atoms with Crippen LogP contribution in [0.15, 0.2) is 54.6 Å². The first kappa shape index (κ1) is 14.6.